The number of hydrogen-bond acceptors (Lipinski definition) is 6. The number of nitrogens with zero attached hydrogens (tertiary/aromatic N) is 3. The molecule has 0 unspecified atom stereocenters. The van der Waals surface area contributed by atoms with E-state index in [1.165, 1.54) is 30.2 Å². The van der Waals surface area contributed by atoms with Crippen LogP contribution in [0, 0.1) is 22.7 Å². The zero-order chi connectivity index (χ0) is 25.6. The summed E-state index contributed by atoms with van der Waals surface area (Å²) in [7, 11) is 1.69. The van der Waals surface area contributed by atoms with Gasteiger partial charge in [0, 0.05) is 16.9 Å². The third-order valence-electron chi connectivity index (χ3n) is 5.76. The highest BCUT2D eigenvalue weighted by molar-refractivity contribution is 7.99. The maximum atomic E-state index is 12.4. The molecule has 0 amide bonds. The molecule has 1 heterocycles. The normalized spacial score (nSPS) is 11.0. The Morgan fingerprint density at radius 1 is 1.06 bits per heavy atom. The number of nitriles is 2. The fourth-order valence-electron chi connectivity index (χ4n) is 3.82. The molecule has 2 aromatic carbocycles. The van der Waals surface area contributed by atoms with Crippen LogP contribution in [0.5, 0.6) is 5.75 Å². The molecule has 184 valence electrons. The minimum absolute atomic E-state index is 0.00917. The molecule has 3 aromatic rings. The first-order valence-electron chi connectivity index (χ1n) is 12.1. The number of unbranched alkanes of at least 4 members (excludes halogenated alkanes) is 5. The van der Waals surface area contributed by atoms with Gasteiger partial charge in [-0.2, -0.15) is 10.5 Å². The van der Waals surface area contributed by atoms with Crippen LogP contribution in [0.15, 0.2) is 76.2 Å². The van der Waals surface area contributed by atoms with Crippen molar-refractivity contribution >= 4 is 11.8 Å². The number of aryl methyl sites for hydroxylation is 1. The van der Waals surface area contributed by atoms with Gasteiger partial charge in [0.15, 0.2) is 5.16 Å². The number of allylic oxidation sites excluding steroid dienone is 1. The van der Waals surface area contributed by atoms with E-state index in [2.05, 4.69) is 28.2 Å². The van der Waals surface area contributed by atoms with Crippen LogP contribution >= 0.6 is 11.8 Å². The monoisotopic (exact) mass is 498 g/mol. The van der Waals surface area contributed by atoms with Crippen molar-refractivity contribution in [1.82, 2.24) is 9.97 Å². The zero-order valence-corrected chi connectivity index (χ0v) is 21.3. The van der Waals surface area contributed by atoms with Gasteiger partial charge in [0.2, 0.25) is 0 Å². The van der Waals surface area contributed by atoms with E-state index >= 15 is 0 Å². The molecule has 1 N–H and O–H groups in total. The maximum absolute atomic E-state index is 12.4. The zero-order valence-electron chi connectivity index (χ0n) is 20.5. The van der Waals surface area contributed by atoms with E-state index in [-0.39, 0.29) is 5.56 Å². The quantitative estimate of drug-likeness (QED) is 0.126. The average Bonchev–Trinajstić information content (AvgIpc) is 2.92. The lowest BCUT2D eigenvalue weighted by atomic mass is 10.0. The smallest absolute Gasteiger partial charge is 0.270 e. The SMILES string of the molecule is COc1cccc(CCCCCCC/C=C(\C#N)CSc2nc(-c3ccccc3)c(C#N)c(=O)[nH]2)c1. The number of aromatic amines is 1. The summed E-state index contributed by atoms with van der Waals surface area (Å²) in [5, 5.41) is 19.3. The number of methoxy groups -OCH3 is 1. The molecule has 1 aromatic heterocycles. The topological polar surface area (TPSA) is 103 Å². The highest BCUT2D eigenvalue weighted by Gasteiger charge is 2.13. The molecule has 6 nitrogen and oxygen atoms in total. The van der Waals surface area contributed by atoms with Gasteiger partial charge in [-0.1, -0.05) is 79.6 Å². The Morgan fingerprint density at radius 3 is 2.58 bits per heavy atom. The summed E-state index contributed by atoms with van der Waals surface area (Å²) in [5.41, 5.74) is 2.56. The van der Waals surface area contributed by atoms with Gasteiger partial charge in [0.05, 0.1) is 18.9 Å². The summed E-state index contributed by atoms with van der Waals surface area (Å²) in [6, 6.07) is 21.6. The van der Waals surface area contributed by atoms with Crippen molar-refractivity contribution in [2.24, 2.45) is 0 Å². The molecule has 0 aliphatic heterocycles. The van der Waals surface area contributed by atoms with Crippen LogP contribution < -0.4 is 10.3 Å². The van der Waals surface area contributed by atoms with Crippen LogP contribution in [0.1, 0.15) is 49.7 Å². The Balaban J connectivity index is 1.43. The molecular weight excluding hydrogens is 468 g/mol. The van der Waals surface area contributed by atoms with Gasteiger partial charge in [-0.25, -0.2) is 4.98 Å². The van der Waals surface area contributed by atoms with Gasteiger partial charge >= 0.3 is 0 Å². The molecule has 0 atom stereocenters. The van der Waals surface area contributed by atoms with E-state index in [0.717, 1.165) is 37.9 Å². The summed E-state index contributed by atoms with van der Waals surface area (Å²) >= 11 is 1.29. The van der Waals surface area contributed by atoms with Gasteiger partial charge in [-0.15, -0.1) is 0 Å². The Kier molecular flexibility index (Phi) is 10.8. The number of rotatable bonds is 13. The van der Waals surface area contributed by atoms with Gasteiger partial charge in [-0.05, 0) is 43.4 Å². The second kappa shape index (κ2) is 14.6. The lowest BCUT2D eigenvalue weighted by Crippen LogP contribution is -2.14. The molecule has 0 bridgehead atoms. The first-order chi connectivity index (χ1) is 17.6. The number of thioether (sulfide) groups is 1. The van der Waals surface area contributed by atoms with Crippen molar-refractivity contribution in [2.45, 2.75) is 50.1 Å². The number of hydrogen-bond donors (Lipinski definition) is 1. The molecular formula is C29H30N4O2S. The molecule has 36 heavy (non-hydrogen) atoms. The summed E-state index contributed by atoms with van der Waals surface area (Å²) < 4.78 is 5.28. The van der Waals surface area contributed by atoms with Gasteiger partial charge in [0.1, 0.15) is 17.4 Å². The molecule has 7 heteroatoms. The lowest BCUT2D eigenvalue weighted by Gasteiger charge is -2.06. The minimum atomic E-state index is -0.470. The summed E-state index contributed by atoms with van der Waals surface area (Å²) in [4.78, 5) is 19.5. The van der Waals surface area contributed by atoms with Crippen molar-refractivity contribution in [3.05, 3.63) is 87.7 Å². The number of ether oxygens (including phenoxy) is 1. The number of aromatic nitrogens is 2. The van der Waals surface area contributed by atoms with Crippen molar-refractivity contribution < 1.29 is 4.74 Å². The van der Waals surface area contributed by atoms with Crippen LogP contribution in [0.3, 0.4) is 0 Å². The second-order valence-electron chi connectivity index (χ2n) is 8.36. The van der Waals surface area contributed by atoms with E-state index in [1.807, 2.05) is 54.6 Å². The Hall–Kier alpha value is -3.81. The maximum Gasteiger partial charge on any atom is 0.270 e. The Bertz CT molecular complexity index is 1300. The van der Waals surface area contributed by atoms with E-state index in [1.54, 1.807) is 7.11 Å². The summed E-state index contributed by atoms with van der Waals surface area (Å²) in [6.45, 7) is 0. The van der Waals surface area contributed by atoms with E-state index in [0.29, 0.717) is 27.7 Å². The molecule has 3 rings (SSSR count). The van der Waals surface area contributed by atoms with Gasteiger partial charge in [0.25, 0.3) is 5.56 Å². The van der Waals surface area contributed by atoms with Crippen LogP contribution in [-0.2, 0) is 6.42 Å². The van der Waals surface area contributed by atoms with Crippen molar-refractivity contribution in [2.75, 3.05) is 12.9 Å². The summed E-state index contributed by atoms with van der Waals surface area (Å²) in [5.74, 6) is 1.32. The molecule has 0 fully saturated rings. The van der Waals surface area contributed by atoms with Crippen LogP contribution in [0.2, 0.25) is 0 Å². The predicted octanol–water partition coefficient (Wildman–Crippen LogP) is 6.44. The molecule has 0 spiro atoms. The second-order valence-corrected chi connectivity index (χ2v) is 9.32. The molecule has 0 aliphatic rings. The number of nitrogens with one attached hydrogen (secondary N) is 1. The van der Waals surface area contributed by atoms with Gasteiger partial charge < -0.3 is 9.72 Å². The fourth-order valence-corrected chi connectivity index (χ4v) is 4.62. The number of H-pyrrole nitrogens is 1. The largest absolute Gasteiger partial charge is 0.497 e. The first-order valence-corrected chi connectivity index (χ1v) is 13.1. The third kappa shape index (κ3) is 8.15. The molecule has 0 radical (unpaired) electrons. The van der Waals surface area contributed by atoms with Crippen molar-refractivity contribution in [3.8, 4) is 29.1 Å². The molecule has 0 aliphatic carbocycles. The van der Waals surface area contributed by atoms with Crippen LogP contribution in [0.4, 0.5) is 0 Å². The fraction of sp³-hybridized carbons (Fsp3) is 0.310. The first kappa shape index (κ1) is 26.8. The number of benzene rings is 2. The van der Waals surface area contributed by atoms with Gasteiger partial charge in [-0.3, -0.25) is 4.79 Å². The van der Waals surface area contributed by atoms with E-state index in [9.17, 15) is 15.3 Å². The van der Waals surface area contributed by atoms with Crippen molar-refractivity contribution in [3.63, 3.8) is 0 Å². The highest BCUT2D eigenvalue weighted by atomic mass is 32.2. The minimum Gasteiger partial charge on any atom is -0.497 e. The molecule has 0 saturated carbocycles. The third-order valence-corrected chi connectivity index (χ3v) is 6.68. The predicted molar refractivity (Wildman–Crippen MR) is 144 cm³/mol. The van der Waals surface area contributed by atoms with Crippen LogP contribution in [-0.4, -0.2) is 22.8 Å². The summed E-state index contributed by atoms with van der Waals surface area (Å²) in [6.07, 6.45) is 9.57. The van der Waals surface area contributed by atoms with E-state index in [4.69, 9.17) is 4.74 Å². The average molecular weight is 499 g/mol. The Labute approximate surface area is 216 Å². The standard InChI is InChI=1S/C29H30N4O2S/c1-35-25-17-11-14-22(18-25)12-7-4-2-3-5-8-13-23(19-30)21-36-29-32-27(24-15-9-6-10-16-24)26(20-31)28(34)33-29/h6,9-11,13-18H,2-5,7-8,12,21H2,1H3,(H,32,33,34)/b23-13+. The lowest BCUT2D eigenvalue weighted by molar-refractivity contribution is 0.414. The highest BCUT2D eigenvalue weighted by Crippen LogP contribution is 2.23. The molecule has 0 saturated heterocycles. The van der Waals surface area contributed by atoms with Crippen molar-refractivity contribution in [1.29, 1.82) is 10.5 Å². The van der Waals surface area contributed by atoms with E-state index < -0.39 is 5.56 Å². The Morgan fingerprint density at radius 2 is 1.83 bits per heavy atom. The van der Waals surface area contributed by atoms with Crippen LogP contribution in [0.25, 0.3) is 11.3 Å².